The highest BCUT2D eigenvalue weighted by molar-refractivity contribution is 5.61. The summed E-state index contributed by atoms with van der Waals surface area (Å²) in [5.74, 6) is -1.49. The van der Waals surface area contributed by atoms with E-state index in [1.807, 2.05) is 6.92 Å². The number of aromatic nitrogens is 2. The van der Waals surface area contributed by atoms with Gasteiger partial charge in [-0.25, -0.2) is 8.78 Å². The van der Waals surface area contributed by atoms with Crippen molar-refractivity contribution in [2.45, 2.75) is 19.8 Å². The van der Waals surface area contributed by atoms with Crippen molar-refractivity contribution in [1.82, 2.24) is 10.2 Å². The summed E-state index contributed by atoms with van der Waals surface area (Å²) in [7, 11) is 0. The summed E-state index contributed by atoms with van der Waals surface area (Å²) >= 11 is 0. The van der Waals surface area contributed by atoms with Gasteiger partial charge in [0, 0.05) is 6.42 Å². The summed E-state index contributed by atoms with van der Waals surface area (Å²) in [5, 5.41) is 7.32. The van der Waals surface area contributed by atoms with Crippen molar-refractivity contribution >= 4 is 5.69 Å². The van der Waals surface area contributed by atoms with Crippen molar-refractivity contribution in [3.05, 3.63) is 29.7 Å². The molecule has 0 aliphatic heterocycles. The lowest BCUT2D eigenvalue weighted by Gasteiger charge is -2.02. The molecule has 0 saturated carbocycles. The standard InChI is InChI=1S/C11H11F2N3O/c1-2-3-8-15-16-11(17-8)9-6(12)4-5-7(14)10(9)13/h4-5H,2-3,14H2,1H3. The van der Waals surface area contributed by atoms with E-state index >= 15 is 0 Å². The van der Waals surface area contributed by atoms with Crippen LogP contribution in [0, 0.1) is 11.6 Å². The van der Waals surface area contributed by atoms with Crippen LogP contribution >= 0.6 is 0 Å². The third-order valence-electron chi connectivity index (χ3n) is 2.27. The molecule has 90 valence electrons. The second-order valence-electron chi connectivity index (χ2n) is 3.58. The maximum absolute atomic E-state index is 13.7. The number of aryl methyl sites for hydroxylation is 1. The average molecular weight is 239 g/mol. The lowest BCUT2D eigenvalue weighted by molar-refractivity contribution is 0.492. The predicted octanol–water partition coefficient (Wildman–Crippen LogP) is 2.55. The van der Waals surface area contributed by atoms with Crippen LogP contribution in [0.3, 0.4) is 0 Å². The van der Waals surface area contributed by atoms with E-state index in [1.54, 1.807) is 0 Å². The maximum Gasteiger partial charge on any atom is 0.253 e. The minimum absolute atomic E-state index is 0.156. The van der Waals surface area contributed by atoms with Gasteiger partial charge in [-0.3, -0.25) is 0 Å². The fraction of sp³-hybridized carbons (Fsp3) is 0.273. The molecule has 0 amide bonds. The molecule has 17 heavy (non-hydrogen) atoms. The Kier molecular flexibility index (Phi) is 3.03. The lowest BCUT2D eigenvalue weighted by atomic mass is 10.1. The molecule has 0 spiro atoms. The van der Waals surface area contributed by atoms with Gasteiger partial charge in [-0.05, 0) is 18.6 Å². The number of benzene rings is 1. The highest BCUT2D eigenvalue weighted by Crippen LogP contribution is 2.28. The zero-order valence-electron chi connectivity index (χ0n) is 9.20. The molecule has 2 rings (SSSR count). The first-order chi connectivity index (χ1) is 8.13. The topological polar surface area (TPSA) is 64.9 Å². The SMILES string of the molecule is CCCc1nnc(-c2c(F)ccc(N)c2F)o1. The summed E-state index contributed by atoms with van der Waals surface area (Å²) in [6, 6.07) is 2.22. The van der Waals surface area contributed by atoms with Crippen LogP contribution in [0.2, 0.25) is 0 Å². The van der Waals surface area contributed by atoms with Gasteiger partial charge < -0.3 is 10.2 Å². The van der Waals surface area contributed by atoms with Crippen molar-refractivity contribution in [2.24, 2.45) is 0 Å². The highest BCUT2D eigenvalue weighted by Gasteiger charge is 2.19. The minimum Gasteiger partial charge on any atom is -0.420 e. The number of nitrogens with zero attached hydrogens (tertiary/aromatic N) is 2. The Balaban J connectivity index is 2.48. The molecule has 0 unspecified atom stereocenters. The van der Waals surface area contributed by atoms with Crippen LogP contribution < -0.4 is 5.73 Å². The number of halogens is 2. The first-order valence-corrected chi connectivity index (χ1v) is 5.19. The van der Waals surface area contributed by atoms with E-state index in [0.29, 0.717) is 12.3 Å². The van der Waals surface area contributed by atoms with Crippen molar-refractivity contribution < 1.29 is 13.2 Å². The molecule has 1 heterocycles. The van der Waals surface area contributed by atoms with Crippen molar-refractivity contribution in [2.75, 3.05) is 5.73 Å². The fourth-order valence-electron chi connectivity index (χ4n) is 1.43. The molecule has 0 radical (unpaired) electrons. The van der Waals surface area contributed by atoms with Gasteiger partial charge >= 0.3 is 0 Å². The molecule has 0 aliphatic rings. The fourth-order valence-corrected chi connectivity index (χ4v) is 1.43. The number of nitrogen functional groups attached to an aromatic ring is 1. The van der Waals surface area contributed by atoms with Crippen molar-refractivity contribution in [1.29, 1.82) is 0 Å². The summed E-state index contributed by atoms with van der Waals surface area (Å²) in [4.78, 5) is 0. The van der Waals surface area contributed by atoms with E-state index in [0.717, 1.165) is 18.6 Å². The molecule has 0 bridgehead atoms. The normalized spacial score (nSPS) is 10.8. The minimum atomic E-state index is -0.878. The molecule has 0 saturated heterocycles. The number of anilines is 1. The van der Waals surface area contributed by atoms with Gasteiger partial charge in [-0.15, -0.1) is 10.2 Å². The summed E-state index contributed by atoms with van der Waals surface area (Å²) in [6.07, 6.45) is 1.38. The van der Waals surface area contributed by atoms with E-state index in [4.69, 9.17) is 10.2 Å². The van der Waals surface area contributed by atoms with Crippen LogP contribution in [0.15, 0.2) is 16.5 Å². The zero-order valence-corrected chi connectivity index (χ0v) is 9.20. The van der Waals surface area contributed by atoms with Gasteiger partial charge in [-0.2, -0.15) is 0 Å². The van der Waals surface area contributed by atoms with E-state index in [1.165, 1.54) is 0 Å². The summed E-state index contributed by atoms with van der Waals surface area (Å²) in [5.41, 5.74) is 4.83. The summed E-state index contributed by atoms with van der Waals surface area (Å²) in [6.45, 7) is 1.94. The Hall–Kier alpha value is -1.98. The second-order valence-corrected chi connectivity index (χ2v) is 3.58. The first kappa shape index (κ1) is 11.5. The van der Waals surface area contributed by atoms with E-state index < -0.39 is 11.6 Å². The predicted molar refractivity (Wildman–Crippen MR) is 58.1 cm³/mol. The molecule has 4 nitrogen and oxygen atoms in total. The number of hydrogen-bond donors (Lipinski definition) is 1. The first-order valence-electron chi connectivity index (χ1n) is 5.19. The van der Waals surface area contributed by atoms with E-state index in [-0.39, 0.29) is 17.1 Å². The Morgan fingerprint density at radius 3 is 2.76 bits per heavy atom. The van der Waals surface area contributed by atoms with Crippen LogP contribution in [-0.2, 0) is 6.42 Å². The molecule has 0 atom stereocenters. The molecular formula is C11H11F2N3O. The third kappa shape index (κ3) is 2.11. The number of rotatable bonds is 3. The monoisotopic (exact) mass is 239 g/mol. The van der Waals surface area contributed by atoms with Crippen LogP contribution in [0.1, 0.15) is 19.2 Å². The molecule has 1 aromatic carbocycles. The molecule has 0 fully saturated rings. The molecule has 6 heteroatoms. The van der Waals surface area contributed by atoms with E-state index in [2.05, 4.69) is 10.2 Å². The molecular weight excluding hydrogens is 228 g/mol. The quantitative estimate of drug-likeness (QED) is 0.836. The molecule has 0 aliphatic carbocycles. The zero-order chi connectivity index (χ0) is 12.4. The Bertz CT molecular complexity index is 540. The van der Waals surface area contributed by atoms with Gasteiger partial charge in [0.2, 0.25) is 5.89 Å². The Morgan fingerprint density at radius 2 is 2.06 bits per heavy atom. The van der Waals surface area contributed by atoms with Crippen LogP contribution in [0.25, 0.3) is 11.5 Å². The number of nitrogens with two attached hydrogens (primary N) is 1. The van der Waals surface area contributed by atoms with Gasteiger partial charge in [-0.1, -0.05) is 6.92 Å². The van der Waals surface area contributed by atoms with Gasteiger partial charge in [0.1, 0.15) is 11.4 Å². The van der Waals surface area contributed by atoms with Crippen molar-refractivity contribution in [3.8, 4) is 11.5 Å². The molecule has 2 aromatic rings. The third-order valence-corrected chi connectivity index (χ3v) is 2.27. The van der Waals surface area contributed by atoms with Gasteiger partial charge in [0.25, 0.3) is 5.89 Å². The highest BCUT2D eigenvalue weighted by atomic mass is 19.1. The molecule has 2 N–H and O–H groups in total. The maximum atomic E-state index is 13.7. The van der Waals surface area contributed by atoms with Gasteiger partial charge in [0.05, 0.1) is 5.69 Å². The van der Waals surface area contributed by atoms with Crippen LogP contribution in [0.4, 0.5) is 14.5 Å². The number of hydrogen-bond acceptors (Lipinski definition) is 4. The summed E-state index contributed by atoms with van der Waals surface area (Å²) < 4.78 is 32.3. The largest absolute Gasteiger partial charge is 0.420 e. The van der Waals surface area contributed by atoms with Gasteiger partial charge in [0.15, 0.2) is 5.82 Å². The Morgan fingerprint density at radius 1 is 1.29 bits per heavy atom. The van der Waals surface area contributed by atoms with Crippen molar-refractivity contribution in [3.63, 3.8) is 0 Å². The average Bonchev–Trinajstić information content (AvgIpc) is 2.73. The smallest absolute Gasteiger partial charge is 0.253 e. The van der Waals surface area contributed by atoms with Crippen LogP contribution in [-0.4, -0.2) is 10.2 Å². The van der Waals surface area contributed by atoms with Crippen LogP contribution in [0.5, 0.6) is 0 Å². The molecule has 1 aromatic heterocycles. The van der Waals surface area contributed by atoms with E-state index in [9.17, 15) is 8.78 Å². The lowest BCUT2D eigenvalue weighted by Crippen LogP contribution is -1.96. The second kappa shape index (κ2) is 4.48. The Labute approximate surface area is 96.5 Å².